The third-order valence-corrected chi connectivity index (χ3v) is 7.03. The van der Waals surface area contributed by atoms with Gasteiger partial charge in [-0.15, -0.1) is 0 Å². The minimum Gasteiger partial charge on any atom is -0.385 e. The first-order valence-corrected chi connectivity index (χ1v) is 12.6. The smallest absolute Gasteiger partial charge is 0.264 e. The Hall–Kier alpha value is -3.40. The average molecular weight is 516 g/mol. The molecule has 0 saturated heterocycles. The molecule has 2 amide bonds. The first-order chi connectivity index (χ1) is 16.8. The molecule has 2 N–H and O–H groups in total. The quantitative estimate of drug-likeness (QED) is 0.376. The lowest BCUT2D eigenvalue weighted by Gasteiger charge is -2.24. The number of para-hydroxylation sites is 2. The van der Waals surface area contributed by atoms with Crippen molar-refractivity contribution in [3.8, 4) is 0 Å². The van der Waals surface area contributed by atoms with E-state index >= 15 is 0 Å². The molecule has 0 saturated carbocycles. The highest BCUT2D eigenvalue weighted by molar-refractivity contribution is 7.92. The number of rotatable bonds is 11. The van der Waals surface area contributed by atoms with Gasteiger partial charge in [-0.1, -0.05) is 41.9 Å². The highest BCUT2D eigenvalue weighted by Gasteiger charge is 2.27. The molecule has 0 aromatic heterocycles. The van der Waals surface area contributed by atoms with Crippen molar-refractivity contribution in [2.24, 2.45) is 0 Å². The molecule has 10 heteroatoms. The Labute approximate surface area is 209 Å². The number of halogens is 1. The largest absolute Gasteiger partial charge is 0.385 e. The van der Waals surface area contributed by atoms with Crippen molar-refractivity contribution in [1.29, 1.82) is 0 Å². The minimum absolute atomic E-state index is 0.00519. The molecule has 0 spiro atoms. The van der Waals surface area contributed by atoms with E-state index in [1.807, 2.05) is 0 Å². The van der Waals surface area contributed by atoms with Crippen LogP contribution in [0.25, 0.3) is 0 Å². The third-order valence-electron chi connectivity index (χ3n) is 4.99. The number of ether oxygens (including phenoxy) is 1. The number of amides is 2. The van der Waals surface area contributed by atoms with Crippen LogP contribution < -0.4 is 14.9 Å². The van der Waals surface area contributed by atoms with Crippen LogP contribution in [0.5, 0.6) is 0 Å². The molecule has 35 heavy (non-hydrogen) atoms. The summed E-state index contributed by atoms with van der Waals surface area (Å²) in [5, 5.41) is 5.84. The van der Waals surface area contributed by atoms with E-state index in [0.29, 0.717) is 30.3 Å². The number of nitrogens with zero attached hydrogens (tertiary/aromatic N) is 1. The molecule has 3 rings (SSSR count). The number of carbonyl (C=O) groups is 2. The van der Waals surface area contributed by atoms with Crippen LogP contribution in [0.2, 0.25) is 5.02 Å². The summed E-state index contributed by atoms with van der Waals surface area (Å²) in [7, 11) is -2.50. The van der Waals surface area contributed by atoms with Gasteiger partial charge in [-0.05, 0) is 55.0 Å². The summed E-state index contributed by atoms with van der Waals surface area (Å²) < 4.78 is 32.8. The highest BCUT2D eigenvalue weighted by Crippen LogP contribution is 2.25. The molecule has 0 bridgehead atoms. The first-order valence-electron chi connectivity index (χ1n) is 10.8. The molecule has 8 nitrogen and oxygen atoms in total. The Morgan fingerprint density at radius 3 is 2.29 bits per heavy atom. The third kappa shape index (κ3) is 7.05. The lowest BCUT2D eigenvalue weighted by molar-refractivity contribution is -0.114. The maximum Gasteiger partial charge on any atom is 0.264 e. The second-order valence-electron chi connectivity index (χ2n) is 7.50. The van der Waals surface area contributed by atoms with Crippen LogP contribution >= 0.6 is 11.6 Å². The number of nitrogens with one attached hydrogen (secondary N) is 2. The van der Waals surface area contributed by atoms with E-state index in [-0.39, 0.29) is 22.1 Å². The number of anilines is 2. The van der Waals surface area contributed by atoms with E-state index in [9.17, 15) is 18.0 Å². The van der Waals surface area contributed by atoms with E-state index in [4.69, 9.17) is 16.3 Å². The van der Waals surface area contributed by atoms with Gasteiger partial charge in [0.05, 0.1) is 21.8 Å². The standard InChI is InChI=1S/C25H26ClN3O5S/c1-34-17-7-16-27-25(31)22-10-5-6-11-23(22)28-24(30)18-29(20-8-3-2-4-9-20)35(32,33)21-14-12-19(26)13-15-21/h2-6,8-15H,7,16-18H2,1H3,(H,27,31)(H,28,30). The lowest BCUT2D eigenvalue weighted by Crippen LogP contribution is -2.38. The van der Waals surface area contributed by atoms with Gasteiger partial charge in [-0.25, -0.2) is 8.42 Å². The van der Waals surface area contributed by atoms with Gasteiger partial charge in [0.15, 0.2) is 0 Å². The Bertz CT molecular complexity index is 1250. The van der Waals surface area contributed by atoms with Gasteiger partial charge in [0, 0.05) is 25.3 Å². The molecular formula is C25H26ClN3O5S. The van der Waals surface area contributed by atoms with Crippen molar-refractivity contribution in [2.75, 3.05) is 36.4 Å². The van der Waals surface area contributed by atoms with Crippen molar-refractivity contribution in [3.05, 3.63) is 89.4 Å². The number of hydrogen-bond acceptors (Lipinski definition) is 5. The molecule has 0 aliphatic heterocycles. The molecule has 0 aliphatic rings. The van der Waals surface area contributed by atoms with E-state index < -0.39 is 22.5 Å². The zero-order valence-corrected chi connectivity index (χ0v) is 20.7. The maximum absolute atomic E-state index is 13.4. The lowest BCUT2D eigenvalue weighted by atomic mass is 10.1. The Balaban J connectivity index is 1.82. The zero-order chi connectivity index (χ0) is 25.3. The van der Waals surface area contributed by atoms with Gasteiger partial charge in [-0.3, -0.25) is 13.9 Å². The molecular weight excluding hydrogens is 490 g/mol. The summed E-state index contributed by atoms with van der Waals surface area (Å²) in [5.41, 5.74) is 0.866. The van der Waals surface area contributed by atoms with Crippen molar-refractivity contribution in [2.45, 2.75) is 11.3 Å². The summed E-state index contributed by atoms with van der Waals surface area (Å²) >= 11 is 5.91. The summed E-state index contributed by atoms with van der Waals surface area (Å²) in [6.45, 7) is 0.422. The monoisotopic (exact) mass is 515 g/mol. The van der Waals surface area contributed by atoms with Crippen LogP contribution in [0.15, 0.2) is 83.8 Å². The van der Waals surface area contributed by atoms with E-state index in [0.717, 1.165) is 4.31 Å². The van der Waals surface area contributed by atoms with Crippen LogP contribution in [0, 0.1) is 0 Å². The number of methoxy groups -OCH3 is 1. The van der Waals surface area contributed by atoms with Gasteiger partial charge < -0.3 is 15.4 Å². The van der Waals surface area contributed by atoms with Crippen LogP contribution in [-0.4, -0.2) is 47.0 Å². The van der Waals surface area contributed by atoms with E-state index in [1.165, 1.54) is 24.3 Å². The topological polar surface area (TPSA) is 105 Å². The van der Waals surface area contributed by atoms with E-state index in [2.05, 4.69) is 10.6 Å². The predicted octanol–water partition coefficient (Wildman–Crippen LogP) is 3.94. The second-order valence-corrected chi connectivity index (χ2v) is 9.80. The zero-order valence-electron chi connectivity index (χ0n) is 19.1. The number of sulfonamides is 1. The maximum atomic E-state index is 13.4. The van der Waals surface area contributed by atoms with Crippen molar-refractivity contribution >= 4 is 44.8 Å². The summed E-state index contributed by atoms with van der Waals surface area (Å²) in [4.78, 5) is 25.6. The molecule has 0 atom stereocenters. The van der Waals surface area contributed by atoms with Gasteiger partial charge in [0.25, 0.3) is 15.9 Å². The fraction of sp³-hybridized carbons (Fsp3) is 0.200. The van der Waals surface area contributed by atoms with Crippen molar-refractivity contribution in [1.82, 2.24) is 5.32 Å². The summed E-state index contributed by atoms with van der Waals surface area (Å²) in [6, 6.07) is 20.5. The number of benzene rings is 3. The van der Waals surface area contributed by atoms with Crippen LogP contribution in [0.4, 0.5) is 11.4 Å². The summed E-state index contributed by atoms with van der Waals surface area (Å²) in [5.74, 6) is -0.961. The van der Waals surface area contributed by atoms with Crippen LogP contribution in [-0.2, 0) is 19.6 Å². The van der Waals surface area contributed by atoms with Crippen molar-refractivity contribution in [3.63, 3.8) is 0 Å². The molecule has 3 aromatic carbocycles. The molecule has 0 heterocycles. The second kappa shape index (κ2) is 12.3. The Kier molecular flexibility index (Phi) is 9.25. The van der Waals surface area contributed by atoms with Crippen molar-refractivity contribution < 1.29 is 22.7 Å². The Morgan fingerprint density at radius 1 is 0.943 bits per heavy atom. The molecule has 0 fully saturated rings. The number of hydrogen-bond donors (Lipinski definition) is 2. The SMILES string of the molecule is COCCCNC(=O)c1ccccc1NC(=O)CN(c1ccccc1)S(=O)(=O)c1ccc(Cl)cc1. The number of carbonyl (C=O) groups excluding carboxylic acids is 2. The predicted molar refractivity (Wildman–Crippen MR) is 136 cm³/mol. The molecule has 0 aliphatic carbocycles. The average Bonchev–Trinajstić information content (AvgIpc) is 2.86. The fourth-order valence-corrected chi connectivity index (χ4v) is 4.81. The molecule has 184 valence electrons. The van der Waals surface area contributed by atoms with Gasteiger partial charge in [0.2, 0.25) is 5.91 Å². The molecule has 0 radical (unpaired) electrons. The van der Waals surface area contributed by atoms with Crippen LogP contribution in [0.1, 0.15) is 16.8 Å². The normalized spacial score (nSPS) is 11.0. The first kappa shape index (κ1) is 26.2. The van der Waals surface area contributed by atoms with Gasteiger partial charge in [0.1, 0.15) is 6.54 Å². The van der Waals surface area contributed by atoms with Gasteiger partial charge >= 0.3 is 0 Å². The highest BCUT2D eigenvalue weighted by atomic mass is 35.5. The van der Waals surface area contributed by atoms with Crippen LogP contribution in [0.3, 0.4) is 0 Å². The molecule has 3 aromatic rings. The Morgan fingerprint density at radius 2 is 1.60 bits per heavy atom. The van der Waals surface area contributed by atoms with Gasteiger partial charge in [-0.2, -0.15) is 0 Å². The summed E-state index contributed by atoms with van der Waals surface area (Å²) in [6.07, 6.45) is 0.644. The fourth-order valence-electron chi connectivity index (χ4n) is 3.27. The minimum atomic E-state index is -4.08. The van der Waals surface area contributed by atoms with E-state index in [1.54, 1.807) is 61.7 Å². The molecule has 0 unspecified atom stereocenters.